The minimum atomic E-state index is 0.0110. The van der Waals surface area contributed by atoms with E-state index < -0.39 is 0 Å². The molecule has 0 spiro atoms. The molecule has 2 aromatic rings. The van der Waals surface area contributed by atoms with Crippen molar-refractivity contribution in [1.82, 2.24) is 5.43 Å². The van der Waals surface area contributed by atoms with Gasteiger partial charge in [-0.3, -0.25) is 15.2 Å². The van der Waals surface area contributed by atoms with E-state index in [-0.39, 0.29) is 5.91 Å². The van der Waals surface area contributed by atoms with Gasteiger partial charge in [-0.1, -0.05) is 24.3 Å². The molecular formula is C18H20N2OS. The van der Waals surface area contributed by atoms with Crippen LogP contribution in [0.25, 0.3) is 0 Å². The molecule has 1 aliphatic rings. The van der Waals surface area contributed by atoms with E-state index in [1.165, 1.54) is 35.3 Å². The van der Waals surface area contributed by atoms with E-state index in [4.69, 9.17) is 0 Å². The molecule has 0 radical (unpaired) electrons. The van der Waals surface area contributed by atoms with E-state index in [9.17, 15) is 4.79 Å². The van der Waals surface area contributed by atoms with Gasteiger partial charge in [0, 0.05) is 11.9 Å². The Morgan fingerprint density at radius 3 is 2.73 bits per heavy atom. The summed E-state index contributed by atoms with van der Waals surface area (Å²) in [6, 6.07) is 16.4. The van der Waals surface area contributed by atoms with Crippen LogP contribution in [-0.4, -0.2) is 18.7 Å². The van der Waals surface area contributed by atoms with Crippen molar-refractivity contribution in [3.05, 3.63) is 59.7 Å². The van der Waals surface area contributed by atoms with Crippen LogP contribution in [0.4, 0.5) is 5.69 Å². The second-order valence-electron chi connectivity index (χ2n) is 5.50. The number of hydrogen-bond acceptors (Lipinski definition) is 3. The first-order valence-electron chi connectivity index (χ1n) is 7.55. The number of nitrogens with one attached hydrogen (secondary N) is 1. The fraction of sp³-hybridized carbons (Fsp3) is 0.278. The lowest BCUT2D eigenvalue weighted by molar-refractivity contribution is -0.118. The van der Waals surface area contributed by atoms with Gasteiger partial charge < -0.3 is 0 Å². The third kappa shape index (κ3) is 3.63. The Morgan fingerprint density at radius 1 is 1.14 bits per heavy atom. The first-order chi connectivity index (χ1) is 10.7. The Labute approximate surface area is 135 Å². The standard InChI is InChI=1S/C18H20N2OS/c1-20(16-8-3-2-4-9-16)19-18(21)13-22-17-11-10-14-6-5-7-15(14)12-17/h2-4,8-12H,5-7,13H2,1H3,(H,19,21). The van der Waals surface area contributed by atoms with Gasteiger partial charge in [0.1, 0.15) is 0 Å². The number of nitrogens with zero attached hydrogens (tertiary/aromatic N) is 1. The summed E-state index contributed by atoms with van der Waals surface area (Å²) >= 11 is 1.59. The van der Waals surface area contributed by atoms with Gasteiger partial charge in [0.2, 0.25) is 5.91 Å². The molecule has 1 aliphatic carbocycles. The van der Waals surface area contributed by atoms with Crippen LogP contribution in [0, 0.1) is 0 Å². The monoisotopic (exact) mass is 312 g/mol. The maximum atomic E-state index is 12.1. The van der Waals surface area contributed by atoms with Crippen LogP contribution in [0.5, 0.6) is 0 Å². The minimum absolute atomic E-state index is 0.0110. The van der Waals surface area contributed by atoms with Gasteiger partial charge >= 0.3 is 0 Å². The maximum absolute atomic E-state index is 12.1. The van der Waals surface area contributed by atoms with Gasteiger partial charge in [-0.05, 0) is 54.7 Å². The molecule has 1 amide bonds. The van der Waals surface area contributed by atoms with E-state index in [2.05, 4.69) is 23.6 Å². The van der Waals surface area contributed by atoms with Gasteiger partial charge in [-0.25, -0.2) is 0 Å². The molecule has 0 aliphatic heterocycles. The second-order valence-corrected chi connectivity index (χ2v) is 6.55. The van der Waals surface area contributed by atoms with Crippen molar-refractivity contribution < 1.29 is 4.79 Å². The summed E-state index contributed by atoms with van der Waals surface area (Å²) < 4.78 is 0. The first kappa shape index (κ1) is 15.0. The smallest absolute Gasteiger partial charge is 0.248 e. The Balaban J connectivity index is 1.52. The number of anilines is 1. The van der Waals surface area contributed by atoms with Crippen molar-refractivity contribution in [2.75, 3.05) is 17.8 Å². The molecule has 0 saturated heterocycles. The fourth-order valence-corrected chi connectivity index (χ4v) is 3.47. The van der Waals surface area contributed by atoms with Crippen LogP contribution in [-0.2, 0) is 17.6 Å². The van der Waals surface area contributed by atoms with Crippen LogP contribution in [0.15, 0.2) is 53.4 Å². The van der Waals surface area contributed by atoms with E-state index in [0.29, 0.717) is 5.75 Å². The first-order valence-corrected chi connectivity index (χ1v) is 8.54. The number of hydrogen-bond donors (Lipinski definition) is 1. The number of carbonyl (C=O) groups excluding carboxylic acids is 1. The summed E-state index contributed by atoms with van der Waals surface area (Å²) in [5, 5.41) is 1.76. The highest BCUT2D eigenvalue weighted by atomic mass is 32.2. The fourth-order valence-electron chi connectivity index (χ4n) is 2.72. The SMILES string of the molecule is CN(NC(=O)CSc1ccc2c(c1)CCC2)c1ccccc1. The molecule has 0 bridgehead atoms. The molecule has 4 heteroatoms. The molecule has 22 heavy (non-hydrogen) atoms. The van der Waals surface area contributed by atoms with Crippen molar-refractivity contribution in [3.63, 3.8) is 0 Å². The summed E-state index contributed by atoms with van der Waals surface area (Å²) in [5.74, 6) is 0.438. The average molecular weight is 312 g/mol. The minimum Gasteiger partial charge on any atom is -0.289 e. The molecule has 2 aromatic carbocycles. The number of fused-ring (bicyclic) bond motifs is 1. The maximum Gasteiger partial charge on any atom is 0.248 e. The third-order valence-electron chi connectivity index (χ3n) is 3.88. The molecule has 0 fully saturated rings. The molecule has 3 nitrogen and oxygen atoms in total. The predicted octanol–water partition coefficient (Wildman–Crippen LogP) is 3.44. The Kier molecular flexibility index (Phi) is 4.68. The second kappa shape index (κ2) is 6.88. The van der Waals surface area contributed by atoms with Gasteiger partial charge in [0.15, 0.2) is 0 Å². The molecule has 0 atom stereocenters. The topological polar surface area (TPSA) is 32.3 Å². The van der Waals surface area contributed by atoms with E-state index in [0.717, 1.165) is 5.69 Å². The zero-order valence-electron chi connectivity index (χ0n) is 12.7. The van der Waals surface area contributed by atoms with Crippen molar-refractivity contribution in [2.45, 2.75) is 24.2 Å². The van der Waals surface area contributed by atoms with Crippen LogP contribution in [0.3, 0.4) is 0 Å². The lowest BCUT2D eigenvalue weighted by Gasteiger charge is -2.20. The number of benzene rings is 2. The lowest BCUT2D eigenvalue weighted by atomic mass is 10.1. The van der Waals surface area contributed by atoms with E-state index >= 15 is 0 Å². The average Bonchev–Trinajstić information content (AvgIpc) is 3.01. The quantitative estimate of drug-likeness (QED) is 0.678. The number of thioether (sulfide) groups is 1. The zero-order chi connectivity index (χ0) is 15.4. The van der Waals surface area contributed by atoms with Crippen LogP contribution in [0.2, 0.25) is 0 Å². The van der Waals surface area contributed by atoms with Crippen molar-refractivity contribution in [2.24, 2.45) is 0 Å². The summed E-state index contributed by atoms with van der Waals surface area (Å²) in [7, 11) is 1.85. The summed E-state index contributed by atoms with van der Waals surface area (Å²) in [5.41, 5.74) is 6.78. The number of carbonyl (C=O) groups is 1. The summed E-state index contributed by atoms with van der Waals surface area (Å²) in [6.45, 7) is 0. The van der Waals surface area contributed by atoms with Crippen LogP contribution >= 0.6 is 11.8 Å². The zero-order valence-corrected chi connectivity index (χ0v) is 13.5. The normalized spacial score (nSPS) is 12.8. The molecule has 1 N–H and O–H groups in total. The summed E-state index contributed by atoms with van der Waals surface area (Å²) in [6.07, 6.45) is 3.63. The molecule has 0 unspecified atom stereocenters. The van der Waals surface area contributed by atoms with E-state index in [1.807, 2.05) is 37.4 Å². The van der Waals surface area contributed by atoms with Gasteiger partial charge in [-0.15, -0.1) is 11.8 Å². The molecule has 114 valence electrons. The number of hydrazine groups is 1. The van der Waals surface area contributed by atoms with Crippen molar-refractivity contribution in [3.8, 4) is 0 Å². The molecule has 3 rings (SSSR count). The highest BCUT2D eigenvalue weighted by molar-refractivity contribution is 8.00. The molecular weight excluding hydrogens is 292 g/mol. The highest BCUT2D eigenvalue weighted by Crippen LogP contribution is 2.27. The van der Waals surface area contributed by atoms with Crippen LogP contribution < -0.4 is 10.4 Å². The van der Waals surface area contributed by atoms with Gasteiger partial charge in [-0.2, -0.15) is 0 Å². The number of rotatable bonds is 5. The molecule has 0 aromatic heterocycles. The number of aryl methyl sites for hydroxylation is 2. The predicted molar refractivity (Wildman–Crippen MR) is 92.2 cm³/mol. The van der Waals surface area contributed by atoms with E-state index in [1.54, 1.807) is 16.8 Å². The van der Waals surface area contributed by atoms with Crippen molar-refractivity contribution in [1.29, 1.82) is 0 Å². The highest BCUT2D eigenvalue weighted by Gasteiger charge is 2.12. The Hall–Kier alpha value is -1.94. The van der Waals surface area contributed by atoms with Gasteiger partial charge in [0.05, 0.1) is 11.4 Å². The lowest BCUT2D eigenvalue weighted by Crippen LogP contribution is -2.40. The van der Waals surface area contributed by atoms with Crippen LogP contribution in [0.1, 0.15) is 17.5 Å². The molecule has 0 heterocycles. The van der Waals surface area contributed by atoms with Gasteiger partial charge in [0.25, 0.3) is 0 Å². The Bertz CT molecular complexity index is 657. The summed E-state index contributed by atoms with van der Waals surface area (Å²) in [4.78, 5) is 13.2. The largest absolute Gasteiger partial charge is 0.289 e. The Morgan fingerprint density at radius 2 is 1.91 bits per heavy atom. The number of amides is 1. The number of para-hydroxylation sites is 1. The molecule has 0 saturated carbocycles. The van der Waals surface area contributed by atoms with Crippen molar-refractivity contribution >= 4 is 23.4 Å². The third-order valence-corrected chi connectivity index (χ3v) is 4.87.